The lowest BCUT2D eigenvalue weighted by molar-refractivity contribution is -0.141. The third-order valence-electron chi connectivity index (χ3n) is 8.05. The topological polar surface area (TPSA) is 148 Å². The van der Waals surface area contributed by atoms with Crippen molar-refractivity contribution in [1.29, 1.82) is 0 Å². The van der Waals surface area contributed by atoms with Crippen molar-refractivity contribution in [3.05, 3.63) is 35.4 Å². The van der Waals surface area contributed by atoms with Crippen LogP contribution in [0.15, 0.2) is 24.3 Å². The van der Waals surface area contributed by atoms with E-state index in [-0.39, 0.29) is 42.9 Å². The fraction of sp³-hybridized carbons (Fsp3) is 0.655. The number of likely N-dealkylation sites (tertiary alicyclic amines) is 1. The van der Waals surface area contributed by atoms with Gasteiger partial charge in [-0.3, -0.25) is 19.2 Å². The van der Waals surface area contributed by atoms with Crippen LogP contribution in [0.5, 0.6) is 0 Å². The van der Waals surface area contributed by atoms with E-state index in [0.29, 0.717) is 18.5 Å². The van der Waals surface area contributed by atoms with Gasteiger partial charge in [-0.05, 0) is 76.0 Å². The van der Waals surface area contributed by atoms with Crippen molar-refractivity contribution < 1.29 is 29.4 Å². The number of amides is 2. The van der Waals surface area contributed by atoms with Crippen LogP contribution in [-0.2, 0) is 25.6 Å². The largest absolute Gasteiger partial charge is 0.483 e. The molecule has 0 spiro atoms. The second-order valence-corrected chi connectivity index (χ2v) is 10.5. The Bertz CT molecular complexity index is 902. The molecule has 2 aliphatic carbocycles. The minimum Gasteiger partial charge on any atom is -0.483 e. The number of fused-ring (bicyclic) bond motifs is 1. The lowest BCUT2D eigenvalue weighted by Crippen LogP contribution is -2.56. The zero-order valence-electron chi connectivity index (χ0n) is 23.3. The highest BCUT2D eigenvalue weighted by atomic mass is 16.3. The first-order valence-corrected chi connectivity index (χ1v) is 14.2. The lowest BCUT2D eigenvalue weighted by Gasteiger charge is -2.36. The standard InChI is InChI=1S/C27H42N4O2.2CH2O2/c1-19(28-2)18-29-25(21-11-4-3-5-12-21)27(33)31-17-9-16-24(31)26(32)30-23-15-8-13-20-10-6-7-14-22(20)23;2*2-1-3/h6-7,10,14,19,21,23-25,28-29H,3-5,8-9,11-13,15-18H2,1-2H3,(H,30,32);2*1H,(H,2,3)/t19-,23+,24?,25-;;/m0../s1. The van der Waals surface area contributed by atoms with Crippen LogP contribution >= 0.6 is 0 Å². The molecule has 5 N–H and O–H groups in total. The lowest BCUT2D eigenvalue weighted by atomic mass is 9.83. The van der Waals surface area contributed by atoms with Gasteiger partial charge in [0, 0.05) is 19.1 Å². The van der Waals surface area contributed by atoms with E-state index in [0.717, 1.165) is 51.5 Å². The van der Waals surface area contributed by atoms with Gasteiger partial charge in [-0.25, -0.2) is 0 Å². The van der Waals surface area contributed by atoms with Crippen molar-refractivity contribution in [2.45, 2.75) is 95.3 Å². The number of rotatable bonds is 8. The molecule has 0 aromatic heterocycles. The summed E-state index contributed by atoms with van der Waals surface area (Å²) in [7, 11) is 1.95. The fourth-order valence-corrected chi connectivity index (χ4v) is 5.98. The molecule has 39 heavy (non-hydrogen) atoms. The van der Waals surface area contributed by atoms with E-state index in [1.165, 1.54) is 30.4 Å². The average Bonchev–Trinajstić information content (AvgIpc) is 3.45. The Hall–Kier alpha value is -2.98. The third-order valence-corrected chi connectivity index (χ3v) is 8.05. The van der Waals surface area contributed by atoms with Crippen molar-refractivity contribution in [3.63, 3.8) is 0 Å². The molecule has 1 aromatic rings. The summed E-state index contributed by atoms with van der Waals surface area (Å²) in [6.07, 6.45) is 10.7. The van der Waals surface area contributed by atoms with Crippen LogP contribution < -0.4 is 16.0 Å². The van der Waals surface area contributed by atoms with Crippen molar-refractivity contribution in [1.82, 2.24) is 20.9 Å². The quantitative estimate of drug-likeness (QED) is 0.313. The highest BCUT2D eigenvalue weighted by molar-refractivity contribution is 5.90. The zero-order valence-corrected chi connectivity index (χ0v) is 23.3. The number of benzene rings is 1. The average molecular weight is 547 g/mol. The summed E-state index contributed by atoms with van der Waals surface area (Å²) in [5, 5.41) is 23.9. The van der Waals surface area contributed by atoms with E-state index in [2.05, 4.69) is 47.1 Å². The number of hydrogen-bond acceptors (Lipinski definition) is 6. The summed E-state index contributed by atoms with van der Waals surface area (Å²) in [5.74, 6) is 0.519. The Kier molecular flexibility index (Phi) is 14.5. The van der Waals surface area contributed by atoms with Gasteiger partial charge in [0.15, 0.2) is 0 Å². The molecule has 4 rings (SSSR count). The normalized spacial score (nSPS) is 22.1. The summed E-state index contributed by atoms with van der Waals surface area (Å²) in [4.78, 5) is 45.8. The van der Waals surface area contributed by atoms with Gasteiger partial charge in [0.25, 0.3) is 12.9 Å². The molecule has 10 heteroatoms. The van der Waals surface area contributed by atoms with Crippen molar-refractivity contribution in [2.75, 3.05) is 20.1 Å². The molecule has 2 amide bonds. The van der Waals surface area contributed by atoms with Crippen LogP contribution in [0.3, 0.4) is 0 Å². The van der Waals surface area contributed by atoms with E-state index in [9.17, 15) is 9.59 Å². The van der Waals surface area contributed by atoms with E-state index >= 15 is 0 Å². The minimum absolute atomic E-state index is 0.0218. The first kappa shape index (κ1) is 32.2. The maximum atomic E-state index is 13.8. The van der Waals surface area contributed by atoms with Gasteiger partial charge in [-0.2, -0.15) is 0 Å². The molecule has 1 saturated heterocycles. The number of nitrogens with zero attached hydrogens (tertiary/aromatic N) is 1. The summed E-state index contributed by atoms with van der Waals surface area (Å²) >= 11 is 0. The van der Waals surface area contributed by atoms with Crippen LogP contribution in [0.1, 0.15) is 81.9 Å². The van der Waals surface area contributed by atoms with E-state index in [1.807, 2.05) is 11.9 Å². The maximum Gasteiger partial charge on any atom is 0.290 e. The van der Waals surface area contributed by atoms with Gasteiger partial charge >= 0.3 is 0 Å². The van der Waals surface area contributed by atoms with E-state index in [1.54, 1.807) is 0 Å². The van der Waals surface area contributed by atoms with Crippen molar-refractivity contribution >= 4 is 24.8 Å². The molecule has 0 bridgehead atoms. The van der Waals surface area contributed by atoms with Crippen LogP contribution in [0.4, 0.5) is 0 Å². The molecule has 1 heterocycles. The van der Waals surface area contributed by atoms with Gasteiger partial charge in [-0.15, -0.1) is 0 Å². The van der Waals surface area contributed by atoms with Gasteiger partial charge < -0.3 is 31.1 Å². The Morgan fingerprint density at radius 1 is 1.00 bits per heavy atom. The molecule has 3 aliphatic rings. The summed E-state index contributed by atoms with van der Waals surface area (Å²) < 4.78 is 0. The highest BCUT2D eigenvalue weighted by Crippen LogP contribution is 2.32. The predicted octanol–water partition coefficient (Wildman–Crippen LogP) is 2.72. The molecule has 1 unspecified atom stereocenters. The second kappa shape index (κ2) is 17.6. The number of hydrogen-bond donors (Lipinski definition) is 5. The molecule has 218 valence electrons. The van der Waals surface area contributed by atoms with Crippen LogP contribution in [0, 0.1) is 5.92 Å². The molecule has 2 fully saturated rings. The SMILES string of the molecule is CN[C@@H](C)CN[C@H](C(=O)N1CCCC1C(=O)N[C@@H]1CCCc2ccccc21)C1CCCCC1.O=CO.O=CO. The Morgan fingerprint density at radius 3 is 2.33 bits per heavy atom. The summed E-state index contributed by atoms with van der Waals surface area (Å²) in [6.45, 7) is 3.07. The number of nitrogens with one attached hydrogen (secondary N) is 3. The minimum atomic E-state index is -0.346. The number of carbonyl (C=O) groups excluding carboxylic acids is 2. The van der Waals surface area contributed by atoms with E-state index < -0.39 is 0 Å². The second-order valence-electron chi connectivity index (χ2n) is 10.5. The monoisotopic (exact) mass is 546 g/mol. The smallest absolute Gasteiger partial charge is 0.290 e. The first-order chi connectivity index (χ1) is 18.9. The number of likely N-dealkylation sites (N-methyl/N-ethyl adjacent to an activating group) is 1. The number of carbonyl (C=O) groups is 4. The third kappa shape index (κ3) is 9.61. The number of aryl methyl sites for hydroxylation is 1. The molecular weight excluding hydrogens is 500 g/mol. The Balaban J connectivity index is 0.000000815. The van der Waals surface area contributed by atoms with Gasteiger partial charge in [0.2, 0.25) is 11.8 Å². The Morgan fingerprint density at radius 2 is 1.67 bits per heavy atom. The molecule has 10 nitrogen and oxygen atoms in total. The van der Waals surface area contributed by atoms with Crippen LogP contribution in [0.2, 0.25) is 0 Å². The van der Waals surface area contributed by atoms with Gasteiger partial charge in [0.05, 0.1) is 12.1 Å². The molecule has 1 aromatic carbocycles. The van der Waals surface area contributed by atoms with Gasteiger partial charge in [0.1, 0.15) is 6.04 Å². The molecule has 4 atom stereocenters. The molecule has 0 radical (unpaired) electrons. The first-order valence-electron chi connectivity index (χ1n) is 14.2. The van der Waals surface area contributed by atoms with Crippen LogP contribution in [0.25, 0.3) is 0 Å². The zero-order chi connectivity index (χ0) is 28.6. The summed E-state index contributed by atoms with van der Waals surface area (Å²) in [6, 6.07) is 8.27. The molecule has 1 saturated carbocycles. The molecule has 1 aliphatic heterocycles. The molecular formula is C29H46N4O6. The van der Waals surface area contributed by atoms with Crippen molar-refractivity contribution in [2.24, 2.45) is 5.92 Å². The summed E-state index contributed by atoms with van der Waals surface area (Å²) in [5.41, 5.74) is 2.59. The number of carboxylic acid groups (broad SMARTS) is 2. The maximum absolute atomic E-state index is 13.8. The predicted molar refractivity (Wildman–Crippen MR) is 149 cm³/mol. The van der Waals surface area contributed by atoms with E-state index in [4.69, 9.17) is 19.8 Å². The Labute approximate surface area is 231 Å². The van der Waals surface area contributed by atoms with Gasteiger partial charge in [-0.1, -0.05) is 43.5 Å². The van der Waals surface area contributed by atoms with Crippen LogP contribution in [-0.4, -0.2) is 78.1 Å². The van der Waals surface area contributed by atoms with Crippen molar-refractivity contribution in [3.8, 4) is 0 Å². The fourth-order valence-electron chi connectivity index (χ4n) is 5.98. The highest BCUT2D eigenvalue weighted by Gasteiger charge is 2.40.